The van der Waals surface area contributed by atoms with E-state index in [4.69, 9.17) is 21.7 Å². The van der Waals surface area contributed by atoms with Crippen molar-refractivity contribution in [1.82, 2.24) is 10.3 Å². The molecule has 1 aromatic heterocycles. The Kier molecular flexibility index (Phi) is 6.17. The minimum atomic E-state index is 0.487. The predicted octanol–water partition coefficient (Wildman–Crippen LogP) is 3.82. The standard InChI is InChI=1S/C17H21N3O2S/c1-12(2)10-19-17(23)20-13-8-9-16(18-11-13)22-15-7-5-4-6-14(15)21-3/h4-9,11-12H,10H2,1-3H3,(H2,19,20,23). The summed E-state index contributed by atoms with van der Waals surface area (Å²) in [5.41, 5.74) is 0.804. The number of thiocarbonyl (C=S) groups is 1. The summed E-state index contributed by atoms with van der Waals surface area (Å²) in [6.45, 7) is 5.08. The first-order valence-corrected chi connectivity index (χ1v) is 7.81. The quantitative estimate of drug-likeness (QED) is 0.785. The average Bonchev–Trinajstić information content (AvgIpc) is 2.55. The second-order valence-corrected chi connectivity index (χ2v) is 5.78. The van der Waals surface area contributed by atoms with E-state index < -0.39 is 0 Å². The number of aromatic nitrogens is 1. The number of para-hydroxylation sites is 2. The molecule has 0 aliphatic heterocycles. The second kappa shape index (κ2) is 8.33. The molecule has 2 N–H and O–H groups in total. The number of rotatable bonds is 6. The van der Waals surface area contributed by atoms with Crippen molar-refractivity contribution in [3.8, 4) is 17.4 Å². The molecule has 2 rings (SSSR count). The van der Waals surface area contributed by atoms with Crippen LogP contribution in [0.15, 0.2) is 42.6 Å². The zero-order chi connectivity index (χ0) is 16.7. The lowest BCUT2D eigenvalue weighted by molar-refractivity contribution is 0.374. The number of nitrogens with one attached hydrogen (secondary N) is 2. The molecular formula is C17H21N3O2S. The summed E-state index contributed by atoms with van der Waals surface area (Å²) in [6, 6.07) is 11.1. The first-order valence-electron chi connectivity index (χ1n) is 7.40. The maximum absolute atomic E-state index is 5.73. The Labute approximate surface area is 142 Å². The SMILES string of the molecule is COc1ccccc1Oc1ccc(NC(=S)NCC(C)C)cn1. The Morgan fingerprint density at radius 3 is 2.52 bits per heavy atom. The van der Waals surface area contributed by atoms with Gasteiger partial charge >= 0.3 is 0 Å². The van der Waals surface area contributed by atoms with Gasteiger partial charge in [-0.3, -0.25) is 0 Å². The van der Waals surface area contributed by atoms with Gasteiger partial charge in [-0.05, 0) is 36.3 Å². The molecule has 0 aliphatic carbocycles. The molecular weight excluding hydrogens is 310 g/mol. The van der Waals surface area contributed by atoms with Crippen LogP contribution in [0.3, 0.4) is 0 Å². The van der Waals surface area contributed by atoms with E-state index in [1.807, 2.05) is 30.3 Å². The van der Waals surface area contributed by atoms with Gasteiger partial charge in [0.15, 0.2) is 16.6 Å². The second-order valence-electron chi connectivity index (χ2n) is 5.37. The molecule has 0 amide bonds. The summed E-state index contributed by atoms with van der Waals surface area (Å²) in [7, 11) is 1.60. The Balaban J connectivity index is 1.95. The van der Waals surface area contributed by atoms with Crippen LogP contribution in [0.5, 0.6) is 17.4 Å². The molecule has 1 heterocycles. The van der Waals surface area contributed by atoms with Crippen molar-refractivity contribution in [2.45, 2.75) is 13.8 Å². The van der Waals surface area contributed by atoms with Gasteiger partial charge in [0.2, 0.25) is 5.88 Å². The van der Waals surface area contributed by atoms with E-state index in [1.165, 1.54) is 0 Å². The molecule has 5 nitrogen and oxygen atoms in total. The highest BCUT2D eigenvalue weighted by Gasteiger charge is 2.06. The molecule has 0 bridgehead atoms. The molecule has 0 radical (unpaired) electrons. The van der Waals surface area contributed by atoms with E-state index in [1.54, 1.807) is 19.4 Å². The third-order valence-corrected chi connectivity index (χ3v) is 3.20. The molecule has 23 heavy (non-hydrogen) atoms. The minimum absolute atomic E-state index is 0.487. The van der Waals surface area contributed by atoms with Crippen molar-refractivity contribution >= 4 is 23.0 Å². The van der Waals surface area contributed by atoms with Crippen molar-refractivity contribution in [1.29, 1.82) is 0 Å². The molecule has 0 unspecified atom stereocenters. The zero-order valence-electron chi connectivity index (χ0n) is 13.5. The van der Waals surface area contributed by atoms with Gasteiger partial charge in [0.05, 0.1) is 19.0 Å². The van der Waals surface area contributed by atoms with Crippen LogP contribution in [0.2, 0.25) is 0 Å². The topological polar surface area (TPSA) is 55.4 Å². The summed E-state index contributed by atoms with van der Waals surface area (Å²) < 4.78 is 11.0. The molecule has 0 saturated carbocycles. The lowest BCUT2D eigenvalue weighted by Crippen LogP contribution is -2.31. The fourth-order valence-electron chi connectivity index (χ4n) is 1.80. The van der Waals surface area contributed by atoms with Gasteiger partial charge in [0, 0.05) is 12.6 Å². The first kappa shape index (κ1) is 17.0. The lowest BCUT2D eigenvalue weighted by Gasteiger charge is -2.12. The van der Waals surface area contributed by atoms with Crippen molar-refractivity contribution in [2.24, 2.45) is 5.92 Å². The number of benzene rings is 1. The third-order valence-electron chi connectivity index (χ3n) is 2.95. The largest absolute Gasteiger partial charge is 0.493 e. The number of ether oxygens (including phenoxy) is 2. The van der Waals surface area contributed by atoms with Crippen LogP contribution >= 0.6 is 12.2 Å². The molecule has 0 fully saturated rings. The van der Waals surface area contributed by atoms with Crippen LogP contribution in [0.25, 0.3) is 0 Å². The molecule has 0 saturated heterocycles. The minimum Gasteiger partial charge on any atom is -0.493 e. The molecule has 0 aliphatic rings. The highest BCUT2D eigenvalue weighted by atomic mass is 32.1. The molecule has 0 atom stereocenters. The summed E-state index contributed by atoms with van der Waals surface area (Å²) in [5, 5.41) is 6.82. The number of pyridine rings is 1. The van der Waals surface area contributed by atoms with Crippen molar-refractivity contribution in [2.75, 3.05) is 19.0 Å². The third kappa shape index (κ3) is 5.41. The summed E-state index contributed by atoms with van der Waals surface area (Å²) in [6.07, 6.45) is 1.67. The van der Waals surface area contributed by atoms with Crippen LogP contribution < -0.4 is 20.1 Å². The van der Waals surface area contributed by atoms with Crippen LogP contribution in [0, 0.1) is 5.92 Å². The Morgan fingerprint density at radius 1 is 1.17 bits per heavy atom. The highest BCUT2D eigenvalue weighted by Crippen LogP contribution is 2.30. The van der Waals surface area contributed by atoms with Gasteiger partial charge in [-0.2, -0.15) is 0 Å². The van der Waals surface area contributed by atoms with Gasteiger partial charge in [0.1, 0.15) is 0 Å². The van der Waals surface area contributed by atoms with Crippen LogP contribution in [-0.4, -0.2) is 23.8 Å². The number of hydrogen-bond acceptors (Lipinski definition) is 4. The van der Waals surface area contributed by atoms with Gasteiger partial charge < -0.3 is 20.1 Å². The molecule has 6 heteroatoms. The van der Waals surface area contributed by atoms with E-state index in [9.17, 15) is 0 Å². The number of methoxy groups -OCH3 is 1. The lowest BCUT2D eigenvalue weighted by atomic mass is 10.2. The zero-order valence-corrected chi connectivity index (χ0v) is 14.3. The van der Waals surface area contributed by atoms with Gasteiger partial charge in [-0.1, -0.05) is 26.0 Å². The fraction of sp³-hybridized carbons (Fsp3) is 0.294. The molecule has 122 valence electrons. The maximum atomic E-state index is 5.73. The van der Waals surface area contributed by atoms with Crippen molar-refractivity contribution in [3.05, 3.63) is 42.6 Å². The molecule has 0 spiro atoms. The summed E-state index contributed by atoms with van der Waals surface area (Å²) in [4.78, 5) is 4.27. The number of nitrogens with zero attached hydrogens (tertiary/aromatic N) is 1. The summed E-state index contributed by atoms with van der Waals surface area (Å²) in [5.74, 6) is 2.30. The van der Waals surface area contributed by atoms with Crippen LogP contribution in [0.4, 0.5) is 5.69 Å². The molecule has 1 aromatic carbocycles. The fourth-order valence-corrected chi connectivity index (χ4v) is 2.00. The Morgan fingerprint density at radius 2 is 1.91 bits per heavy atom. The van der Waals surface area contributed by atoms with Crippen LogP contribution in [-0.2, 0) is 0 Å². The van der Waals surface area contributed by atoms with E-state index in [-0.39, 0.29) is 0 Å². The average molecular weight is 331 g/mol. The van der Waals surface area contributed by atoms with Crippen molar-refractivity contribution < 1.29 is 9.47 Å². The smallest absolute Gasteiger partial charge is 0.219 e. The van der Waals surface area contributed by atoms with E-state index in [2.05, 4.69) is 29.5 Å². The number of hydrogen-bond donors (Lipinski definition) is 2. The highest BCUT2D eigenvalue weighted by molar-refractivity contribution is 7.80. The van der Waals surface area contributed by atoms with Gasteiger partial charge in [-0.15, -0.1) is 0 Å². The predicted molar refractivity (Wildman–Crippen MR) is 96.4 cm³/mol. The van der Waals surface area contributed by atoms with Crippen LogP contribution in [0.1, 0.15) is 13.8 Å². The Hall–Kier alpha value is -2.34. The van der Waals surface area contributed by atoms with Gasteiger partial charge in [-0.25, -0.2) is 4.98 Å². The first-order chi connectivity index (χ1) is 11.1. The number of anilines is 1. The van der Waals surface area contributed by atoms with E-state index >= 15 is 0 Å². The van der Waals surface area contributed by atoms with Gasteiger partial charge in [0.25, 0.3) is 0 Å². The maximum Gasteiger partial charge on any atom is 0.219 e. The monoisotopic (exact) mass is 331 g/mol. The Bertz CT molecular complexity index is 645. The van der Waals surface area contributed by atoms with E-state index in [0.29, 0.717) is 28.4 Å². The summed E-state index contributed by atoms with van der Waals surface area (Å²) >= 11 is 5.23. The van der Waals surface area contributed by atoms with Crippen molar-refractivity contribution in [3.63, 3.8) is 0 Å². The van der Waals surface area contributed by atoms with E-state index in [0.717, 1.165) is 12.2 Å². The normalized spacial score (nSPS) is 10.3. The molecule has 2 aromatic rings.